The molecule has 2 heteroatoms. The fourth-order valence-electron chi connectivity index (χ4n) is 2.05. The highest BCUT2D eigenvalue weighted by molar-refractivity contribution is 4.84. The molecule has 2 nitrogen and oxygen atoms in total. The van der Waals surface area contributed by atoms with Crippen LogP contribution in [0.4, 0.5) is 0 Å². The molecule has 0 atom stereocenters. The second-order valence-corrected chi connectivity index (χ2v) is 4.91. The summed E-state index contributed by atoms with van der Waals surface area (Å²) in [7, 11) is 0. The average molecular weight is 196 g/mol. The van der Waals surface area contributed by atoms with Crippen LogP contribution in [0.2, 0.25) is 0 Å². The van der Waals surface area contributed by atoms with Crippen molar-refractivity contribution in [2.24, 2.45) is 5.92 Å². The van der Waals surface area contributed by atoms with E-state index in [9.17, 15) is 0 Å². The van der Waals surface area contributed by atoms with Gasteiger partial charge in [0.15, 0.2) is 0 Å². The molecule has 0 bridgehead atoms. The van der Waals surface area contributed by atoms with Gasteiger partial charge < -0.3 is 5.32 Å². The van der Waals surface area contributed by atoms with Crippen molar-refractivity contribution in [2.75, 3.05) is 26.2 Å². The average Bonchev–Trinajstić information content (AvgIpc) is 3.03. The van der Waals surface area contributed by atoms with Crippen molar-refractivity contribution in [2.45, 2.75) is 45.1 Å². The molecule has 2 rings (SSSR count). The Kier molecular flexibility index (Phi) is 3.82. The molecule has 0 radical (unpaired) electrons. The van der Waals surface area contributed by atoms with Crippen molar-refractivity contribution in [3.05, 3.63) is 0 Å². The summed E-state index contributed by atoms with van der Waals surface area (Å²) in [6.07, 6.45) is 7.13. The van der Waals surface area contributed by atoms with Crippen LogP contribution < -0.4 is 5.32 Å². The summed E-state index contributed by atoms with van der Waals surface area (Å²) in [6, 6.07) is 0.942. The van der Waals surface area contributed by atoms with Gasteiger partial charge in [-0.05, 0) is 51.1 Å². The molecule has 2 aliphatic carbocycles. The summed E-state index contributed by atoms with van der Waals surface area (Å²) < 4.78 is 0. The van der Waals surface area contributed by atoms with Gasteiger partial charge >= 0.3 is 0 Å². The maximum atomic E-state index is 3.58. The second-order valence-electron chi connectivity index (χ2n) is 4.91. The van der Waals surface area contributed by atoms with Crippen LogP contribution in [0.3, 0.4) is 0 Å². The zero-order chi connectivity index (χ0) is 9.80. The Balaban J connectivity index is 1.51. The van der Waals surface area contributed by atoms with Gasteiger partial charge in [0, 0.05) is 19.1 Å². The topological polar surface area (TPSA) is 15.3 Å². The normalized spacial score (nSPS) is 21.9. The minimum absolute atomic E-state index is 0.942. The molecule has 0 aliphatic heterocycles. The van der Waals surface area contributed by atoms with Gasteiger partial charge in [0.25, 0.3) is 0 Å². The molecule has 0 saturated heterocycles. The predicted molar refractivity (Wildman–Crippen MR) is 60.5 cm³/mol. The first kappa shape index (κ1) is 10.4. The highest BCUT2D eigenvalue weighted by Crippen LogP contribution is 2.28. The lowest BCUT2D eigenvalue weighted by molar-refractivity contribution is 0.263. The highest BCUT2D eigenvalue weighted by atomic mass is 15.2. The number of nitrogens with zero attached hydrogens (tertiary/aromatic N) is 1. The van der Waals surface area contributed by atoms with Gasteiger partial charge in [-0.1, -0.05) is 6.92 Å². The largest absolute Gasteiger partial charge is 0.315 e. The molecule has 2 fully saturated rings. The Bertz CT molecular complexity index is 162. The fourth-order valence-corrected chi connectivity index (χ4v) is 2.05. The molecular formula is C12H24N2. The van der Waals surface area contributed by atoms with E-state index in [1.165, 1.54) is 58.3 Å². The highest BCUT2D eigenvalue weighted by Gasteiger charge is 2.27. The molecule has 82 valence electrons. The Morgan fingerprint density at radius 1 is 1.14 bits per heavy atom. The van der Waals surface area contributed by atoms with E-state index < -0.39 is 0 Å². The first-order valence-corrected chi connectivity index (χ1v) is 6.35. The second kappa shape index (κ2) is 5.13. The van der Waals surface area contributed by atoms with E-state index >= 15 is 0 Å². The first-order chi connectivity index (χ1) is 6.90. The summed E-state index contributed by atoms with van der Waals surface area (Å²) in [6.45, 7) is 7.33. The van der Waals surface area contributed by atoms with E-state index in [1.54, 1.807) is 0 Å². The first-order valence-electron chi connectivity index (χ1n) is 6.35. The van der Waals surface area contributed by atoms with Gasteiger partial charge in [-0.15, -0.1) is 0 Å². The molecule has 0 unspecified atom stereocenters. The summed E-state index contributed by atoms with van der Waals surface area (Å²) in [5.74, 6) is 1.02. The molecule has 1 N–H and O–H groups in total. The lowest BCUT2D eigenvalue weighted by Crippen LogP contribution is -2.34. The van der Waals surface area contributed by atoms with Gasteiger partial charge in [0.05, 0.1) is 0 Å². The van der Waals surface area contributed by atoms with Crippen LogP contribution in [0.1, 0.15) is 39.0 Å². The van der Waals surface area contributed by atoms with Crippen LogP contribution >= 0.6 is 0 Å². The van der Waals surface area contributed by atoms with E-state index in [4.69, 9.17) is 0 Å². The van der Waals surface area contributed by atoms with E-state index in [0.29, 0.717) is 0 Å². The quantitative estimate of drug-likeness (QED) is 0.596. The van der Waals surface area contributed by atoms with E-state index in [1.807, 2.05) is 0 Å². The van der Waals surface area contributed by atoms with Gasteiger partial charge in [-0.3, -0.25) is 4.90 Å². The maximum absolute atomic E-state index is 3.58. The number of hydrogen-bond acceptors (Lipinski definition) is 2. The predicted octanol–water partition coefficient (Wildman–Crippen LogP) is 1.86. The molecule has 0 amide bonds. The summed E-state index contributed by atoms with van der Waals surface area (Å²) >= 11 is 0. The van der Waals surface area contributed by atoms with Gasteiger partial charge in [0.2, 0.25) is 0 Å². The van der Waals surface area contributed by atoms with Crippen LogP contribution in [0.25, 0.3) is 0 Å². The molecule has 0 aromatic rings. The van der Waals surface area contributed by atoms with Crippen LogP contribution in [0, 0.1) is 5.92 Å². The molecular weight excluding hydrogens is 172 g/mol. The van der Waals surface area contributed by atoms with Crippen molar-refractivity contribution in [3.63, 3.8) is 0 Å². The smallest absolute Gasteiger partial charge is 0.0110 e. The molecule has 0 heterocycles. The van der Waals surface area contributed by atoms with E-state index in [2.05, 4.69) is 17.1 Å². The minimum Gasteiger partial charge on any atom is -0.315 e. The minimum atomic E-state index is 0.942. The van der Waals surface area contributed by atoms with Crippen LogP contribution in [-0.4, -0.2) is 37.1 Å². The zero-order valence-corrected chi connectivity index (χ0v) is 9.47. The van der Waals surface area contributed by atoms with Crippen LogP contribution in [0.5, 0.6) is 0 Å². The number of hydrogen-bond donors (Lipinski definition) is 1. The molecule has 2 aliphatic rings. The SMILES string of the molecule is CCCN(CCNCC1CC1)C1CC1. The van der Waals surface area contributed by atoms with Gasteiger partial charge in [-0.2, -0.15) is 0 Å². The van der Waals surface area contributed by atoms with E-state index in [0.717, 1.165) is 12.0 Å². The third-order valence-corrected chi connectivity index (χ3v) is 3.28. The van der Waals surface area contributed by atoms with Gasteiger partial charge in [0.1, 0.15) is 0 Å². The van der Waals surface area contributed by atoms with Crippen LogP contribution in [0.15, 0.2) is 0 Å². The molecule has 0 aromatic carbocycles. The monoisotopic (exact) mass is 196 g/mol. The molecule has 14 heavy (non-hydrogen) atoms. The summed E-state index contributed by atoms with van der Waals surface area (Å²) in [5.41, 5.74) is 0. The van der Waals surface area contributed by atoms with E-state index in [-0.39, 0.29) is 0 Å². The van der Waals surface area contributed by atoms with Crippen molar-refractivity contribution >= 4 is 0 Å². The van der Waals surface area contributed by atoms with Crippen molar-refractivity contribution < 1.29 is 0 Å². The Morgan fingerprint density at radius 3 is 2.50 bits per heavy atom. The fraction of sp³-hybridized carbons (Fsp3) is 1.00. The van der Waals surface area contributed by atoms with Crippen molar-refractivity contribution in [1.29, 1.82) is 0 Å². The van der Waals surface area contributed by atoms with Crippen molar-refractivity contribution in [1.82, 2.24) is 10.2 Å². The standard InChI is InChI=1S/C12H24N2/c1-2-8-14(12-5-6-12)9-7-13-10-11-3-4-11/h11-13H,2-10H2,1H3. The third kappa shape index (κ3) is 3.58. The summed E-state index contributed by atoms with van der Waals surface area (Å²) in [5, 5.41) is 3.58. The third-order valence-electron chi connectivity index (χ3n) is 3.28. The van der Waals surface area contributed by atoms with Crippen molar-refractivity contribution in [3.8, 4) is 0 Å². The maximum Gasteiger partial charge on any atom is 0.0110 e. The lowest BCUT2D eigenvalue weighted by Gasteiger charge is -2.21. The number of nitrogens with one attached hydrogen (secondary N) is 1. The summed E-state index contributed by atoms with van der Waals surface area (Å²) in [4.78, 5) is 2.67. The Labute approximate surface area is 88.1 Å². The Hall–Kier alpha value is -0.0800. The Morgan fingerprint density at radius 2 is 1.93 bits per heavy atom. The molecule has 2 saturated carbocycles. The van der Waals surface area contributed by atoms with Gasteiger partial charge in [-0.25, -0.2) is 0 Å². The molecule has 0 spiro atoms. The lowest BCUT2D eigenvalue weighted by atomic mass is 10.3. The van der Waals surface area contributed by atoms with Crippen LogP contribution in [-0.2, 0) is 0 Å². The molecule has 0 aromatic heterocycles. The number of rotatable bonds is 8. The zero-order valence-electron chi connectivity index (χ0n) is 9.47.